The molecule has 0 saturated carbocycles. The zero-order chi connectivity index (χ0) is 10.9. The standard InChI is InChI=1S/C13H19NO/c1-10-4-2-6-12-11(10)5-3-7-13(12,15)8-9-14/h2,4,6,15H,3,5,7-9,14H2,1H3. The maximum Gasteiger partial charge on any atom is 0.0911 e. The van der Waals surface area contributed by atoms with Gasteiger partial charge >= 0.3 is 0 Å². The van der Waals surface area contributed by atoms with Crippen LogP contribution >= 0.6 is 0 Å². The molecule has 1 aliphatic rings. The molecule has 0 heterocycles. The van der Waals surface area contributed by atoms with Gasteiger partial charge in [0.25, 0.3) is 0 Å². The number of hydrogen-bond acceptors (Lipinski definition) is 2. The summed E-state index contributed by atoms with van der Waals surface area (Å²) in [5.41, 5.74) is 8.65. The Hall–Kier alpha value is -0.860. The molecule has 1 unspecified atom stereocenters. The molecule has 0 aromatic heterocycles. The van der Waals surface area contributed by atoms with E-state index >= 15 is 0 Å². The molecule has 82 valence electrons. The van der Waals surface area contributed by atoms with Crippen molar-refractivity contribution >= 4 is 0 Å². The average molecular weight is 205 g/mol. The van der Waals surface area contributed by atoms with Crippen molar-refractivity contribution in [3.8, 4) is 0 Å². The summed E-state index contributed by atoms with van der Waals surface area (Å²) < 4.78 is 0. The van der Waals surface area contributed by atoms with Gasteiger partial charge in [0, 0.05) is 0 Å². The van der Waals surface area contributed by atoms with Crippen molar-refractivity contribution in [3.05, 3.63) is 34.9 Å². The van der Waals surface area contributed by atoms with Crippen molar-refractivity contribution in [2.75, 3.05) is 6.54 Å². The molecule has 0 amide bonds. The molecule has 0 fully saturated rings. The number of nitrogens with two attached hydrogens (primary N) is 1. The van der Waals surface area contributed by atoms with Crippen LogP contribution in [-0.2, 0) is 12.0 Å². The number of benzene rings is 1. The van der Waals surface area contributed by atoms with Crippen molar-refractivity contribution in [2.45, 2.75) is 38.2 Å². The lowest BCUT2D eigenvalue weighted by Gasteiger charge is -2.35. The lowest BCUT2D eigenvalue weighted by molar-refractivity contribution is 0.0124. The van der Waals surface area contributed by atoms with Crippen LogP contribution in [0, 0.1) is 6.92 Å². The van der Waals surface area contributed by atoms with Crippen LogP contribution in [0.15, 0.2) is 18.2 Å². The number of rotatable bonds is 2. The zero-order valence-corrected chi connectivity index (χ0v) is 9.29. The Morgan fingerprint density at radius 3 is 3.00 bits per heavy atom. The van der Waals surface area contributed by atoms with E-state index in [0.29, 0.717) is 13.0 Å². The molecular formula is C13H19NO. The van der Waals surface area contributed by atoms with E-state index in [1.807, 2.05) is 6.07 Å². The number of hydrogen-bond donors (Lipinski definition) is 2. The summed E-state index contributed by atoms with van der Waals surface area (Å²) in [6.07, 6.45) is 3.67. The van der Waals surface area contributed by atoms with Gasteiger partial charge in [-0.15, -0.1) is 0 Å². The summed E-state index contributed by atoms with van der Waals surface area (Å²) in [6, 6.07) is 6.20. The predicted molar refractivity (Wildman–Crippen MR) is 61.7 cm³/mol. The number of aliphatic hydroxyl groups is 1. The summed E-state index contributed by atoms with van der Waals surface area (Å²) in [7, 11) is 0. The van der Waals surface area contributed by atoms with Gasteiger partial charge in [-0.1, -0.05) is 18.2 Å². The highest BCUT2D eigenvalue weighted by Gasteiger charge is 2.33. The van der Waals surface area contributed by atoms with Gasteiger partial charge in [-0.05, 0) is 55.8 Å². The zero-order valence-electron chi connectivity index (χ0n) is 9.29. The van der Waals surface area contributed by atoms with E-state index < -0.39 is 5.60 Å². The quantitative estimate of drug-likeness (QED) is 0.774. The first-order valence-electron chi connectivity index (χ1n) is 5.69. The second-order valence-electron chi connectivity index (χ2n) is 4.52. The van der Waals surface area contributed by atoms with Crippen LogP contribution in [0.1, 0.15) is 36.0 Å². The second-order valence-corrected chi connectivity index (χ2v) is 4.52. The van der Waals surface area contributed by atoms with E-state index in [9.17, 15) is 5.11 Å². The number of aryl methyl sites for hydroxylation is 1. The molecule has 1 aromatic rings. The maximum absolute atomic E-state index is 10.6. The van der Waals surface area contributed by atoms with Gasteiger partial charge in [-0.3, -0.25) is 0 Å². The molecule has 1 aliphatic carbocycles. The van der Waals surface area contributed by atoms with Crippen LogP contribution in [0.4, 0.5) is 0 Å². The SMILES string of the molecule is Cc1cccc2c1CCCC2(O)CCN. The molecule has 1 aromatic carbocycles. The van der Waals surface area contributed by atoms with Gasteiger partial charge in [0.05, 0.1) is 5.60 Å². The van der Waals surface area contributed by atoms with Crippen LogP contribution in [0.2, 0.25) is 0 Å². The van der Waals surface area contributed by atoms with Crippen LogP contribution in [0.25, 0.3) is 0 Å². The summed E-state index contributed by atoms with van der Waals surface area (Å²) in [5.74, 6) is 0. The monoisotopic (exact) mass is 205 g/mol. The molecule has 0 spiro atoms. The Labute approximate surface area is 91.1 Å². The fourth-order valence-corrected chi connectivity index (χ4v) is 2.66. The minimum atomic E-state index is -0.672. The van der Waals surface area contributed by atoms with E-state index in [1.54, 1.807) is 0 Å². The Bertz CT molecular complexity index is 362. The molecule has 2 rings (SSSR count). The van der Waals surface area contributed by atoms with E-state index in [1.165, 1.54) is 11.1 Å². The lowest BCUT2D eigenvalue weighted by atomic mass is 9.76. The minimum Gasteiger partial charge on any atom is -0.385 e. The van der Waals surface area contributed by atoms with Gasteiger partial charge in [0.2, 0.25) is 0 Å². The highest BCUT2D eigenvalue weighted by Crippen LogP contribution is 2.38. The first-order chi connectivity index (χ1) is 7.17. The Morgan fingerprint density at radius 1 is 1.47 bits per heavy atom. The Morgan fingerprint density at radius 2 is 2.27 bits per heavy atom. The smallest absolute Gasteiger partial charge is 0.0911 e. The van der Waals surface area contributed by atoms with Crippen LogP contribution in [-0.4, -0.2) is 11.7 Å². The Kier molecular flexibility index (Phi) is 2.81. The van der Waals surface area contributed by atoms with Crippen molar-refractivity contribution in [3.63, 3.8) is 0 Å². The van der Waals surface area contributed by atoms with Gasteiger partial charge in [-0.25, -0.2) is 0 Å². The Balaban J connectivity index is 2.46. The topological polar surface area (TPSA) is 46.2 Å². The van der Waals surface area contributed by atoms with Gasteiger partial charge in [-0.2, -0.15) is 0 Å². The molecule has 3 N–H and O–H groups in total. The van der Waals surface area contributed by atoms with Crippen LogP contribution < -0.4 is 5.73 Å². The second kappa shape index (κ2) is 3.95. The summed E-state index contributed by atoms with van der Waals surface area (Å²) in [6.45, 7) is 2.66. The molecular weight excluding hydrogens is 186 g/mol. The number of fused-ring (bicyclic) bond motifs is 1. The largest absolute Gasteiger partial charge is 0.385 e. The molecule has 0 bridgehead atoms. The van der Waals surface area contributed by atoms with Gasteiger partial charge in [0.1, 0.15) is 0 Å². The maximum atomic E-state index is 10.6. The first kappa shape index (κ1) is 10.7. The van der Waals surface area contributed by atoms with E-state index in [-0.39, 0.29) is 0 Å². The van der Waals surface area contributed by atoms with Gasteiger partial charge < -0.3 is 10.8 Å². The highest BCUT2D eigenvalue weighted by atomic mass is 16.3. The van der Waals surface area contributed by atoms with Crippen LogP contribution in [0.3, 0.4) is 0 Å². The predicted octanol–water partition coefficient (Wildman–Crippen LogP) is 1.87. The molecule has 0 aliphatic heterocycles. The molecule has 15 heavy (non-hydrogen) atoms. The summed E-state index contributed by atoms with van der Waals surface area (Å²) >= 11 is 0. The van der Waals surface area contributed by atoms with Crippen LogP contribution in [0.5, 0.6) is 0 Å². The molecule has 1 atom stereocenters. The third-order valence-electron chi connectivity index (χ3n) is 3.49. The summed E-state index contributed by atoms with van der Waals surface area (Å²) in [5, 5.41) is 10.6. The molecule has 0 saturated heterocycles. The van der Waals surface area contributed by atoms with Crippen molar-refractivity contribution in [1.82, 2.24) is 0 Å². The third-order valence-corrected chi connectivity index (χ3v) is 3.49. The first-order valence-corrected chi connectivity index (χ1v) is 5.69. The van der Waals surface area contributed by atoms with E-state index in [4.69, 9.17) is 5.73 Å². The van der Waals surface area contributed by atoms with Crippen molar-refractivity contribution < 1.29 is 5.11 Å². The normalized spacial score (nSPS) is 25.0. The lowest BCUT2D eigenvalue weighted by Crippen LogP contribution is -2.33. The molecule has 2 nitrogen and oxygen atoms in total. The third kappa shape index (κ3) is 1.80. The van der Waals surface area contributed by atoms with E-state index in [2.05, 4.69) is 19.1 Å². The average Bonchev–Trinajstić information content (AvgIpc) is 2.20. The van der Waals surface area contributed by atoms with Crippen molar-refractivity contribution in [2.24, 2.45) is 5.73 Å². The van der Waals surface area contributed by atoms with Crippen molar-refractivity contribution in [1.29, 1.82) is 0 Å². The van der Waals surface area contributed by atoms with E-state index in [0.717, 1.165) is 24.8 Å². The molecule has 0 radical (unpaired) electrons. The molecule has 2 heteroatoms. The van der Waals surface area contributed by atoms with Gasteiger partial charge in [0.15, 0.2) is 0 Å². The highest BCUT2D eigenvalue weighted by molar-refractivity contribution is 5.40. The minimum absolute atomic E-state index is 0.546. The fourth-order valence-electron chi connectivity index (χ4n) is 2.66. The summed E-state index contributed by atoms with van der Waals surface area (Å²) in [4.78, 5) is 0. The fraction of sp³-hybridized carbons (Fsp3) is 0.538.